The molecule has 0 aromatic carbocycles. The maximum absolute atomic E-state index is 3.86. The second kappa shape index (κ2) is 35.9. The third-order valence-electron chi connectivity index (χ3n) is 5.71. The predicted molar refractivity (Wildman–Crippen MR) is 133 cm³/mol. The van der Waals surface area contributed by atoms with Crippen LogP contribution in [0.3, 0.4) is 0 Å². The van der Waals surface area contributed by atoms with Crippen molar-refractivity contribution in [3.05, 3.63) is 13.8 Å². The fourth-order valence-corrected chi connectivity index (χ4v) is 3.68. The topological polar surface area (TPSA) is 0 Å². The van der Waals surface area contributed by atoms with Gasteiger partial charge in [-0.05, 0) is 0 Å². The average Bonchev–Trinajstić information content (AvgIpc) is 2.71. The van der Waals surface area contributed by atoms with Gasteiger partial charge in [0.2, 0.25) is 0 Å². The first-order chi connectivity index (χ1) is 13.8. The summed E-state index contributed by atoms with van der Waals surface area (Å²) in [5, 5.41) is 0. The Kier molecular flexibility index (Phi) is 42.2. The molecule has 1 heteroatoms. The van der Waals surface area contributed by atoms with Gasteiger partial charge in [-0.2, -0.15) is 12.8 Å². The predicted octanol–water partition coefficient (Wildman–Crippen LogP) is 11.0. The summed E-state index contributed by atoms with van der Waals surface area (Å²) in [5.41, 5.74) is 0. The summed E-state index contributed by atoms with van der Waals surface area (Å²) < 4.78 is 0. The largest absolute Gasteiger partial charge is 2.00 e. The Morgan fingerprint density at radius 1 is 0.310 bits per heavy atom. The third kappa shape index (κ3) is 39.5. The Balaban J connectivity index is -0.000000451. The smallest absolute Gasteiger partial charge is 0.343 e. The van der Waals surface area contributed by atoms with E-state index in [9.17, 15) is 0 Å². The first-order valence-corrected chi connectivity index (χ1v) is 13.4. The molecule has 0 atom stereocenters. The summed E-state index contributed by atoms with van der Waals surface area (Å²) in [7, 11) is 0. The Bertz CT molecular complexity index is 178. The number of hydrogen-bond acceptors (Lipinski definition) is 0. The molecule has 0 nitrogen and oxygen atoms in total. The van der Waals surface area contributed by atoms with Gasteiger partial charge in [0.15, 0.2) is 0 Å². The van der Waals surface area contributed by atoms with Crippen molar-refractivity contribution in [1.29, 1.82) is 0 Å². The van der Waals surface area contributed by atoms with Crippen molar-refractivity contribution < 1.29 is 16.5 Å². The molecule has 0 spiro atoms. The molecule has 0 aliphatic rings. The van der Waals surface area contributed by atoms with Gasteiger partial charge in [0, 0.05) is 0 Å². The summed E-state index contributed by atoms with van der Waals surface area (Å²) in [4.78, 5) is 0. The van der Waals surface area contributed by atoms with E-state index in [1.54, 1.807) is 0 Å². The summed E-state index contributed by atoms with van der Waals surface area (Å²) >= 11 is 0. The minimum Gasteiger partial charge on any atom is -0.343 e. The summed E-state index contributed by atoms with van der Waals surface area (Å²) in [5.74, 6) is 0. The van der Waals surface area contributed by atoms with E-state index >= 15 is 0 Å². The molecule has 0 amide bonds. The second-order valence-corrected chi connectivity index (χ2v) is 8.78. The Hall–Kier alpha value is 0.494. The molecule has 180 valence electrons. The summed E-state index contributed by atoms with van der Waals surface area (Å²) in [6.45, 7) is 12.3. The van der Waals surface area contributed by atoms with Gasteiger partial charge in [0.1, 0.15) is 0 Å². The summed E-state index contributed by atoms with van der Waals surface area (Å²) in [6.07, 6.45) is 33.7. The van der Waals surface area contributed by atoms with Crippen LogP contribution in [0.5, 0.6) is 0 Å². The minimum absolute atomic E-state index is 0. The van der Waals surface area contributed by atoms with Crippen molar-refractivity contribution in [2.75, 3.05) is 0 Å². The van der Waals surface area contributed by atoms with Gasteiger partial charge in [0.25, 0.3) is 0 Å². The molecule has 0 heterocycles. The normalized spacial score (nSPS) is 10.3. The quantitative estimate of drug-likeness (QED) is 0.0869. The Morgan fingerprint density at radius 2 is 0.483 bits per heavy atom. The van der Waals surface area contributed by atoms with Crippen LogP contribution in [0.25, 0.3) is 0 Å². The van der Waals surface area contributed by atoms with E-state index in [0.29, 0.717) is 0 Å². The van der Waals surface area contributed by atoms with Crippen LogP contribution in [-0.2, 0) is 16.5 Å². The van der Waals surface area contributed by atoms with E-state index in [1.165, 1.54) is 141 Å². The maximum Gasteiger partial charge on any atom is 2.00 e. The van der Waals surface area contributed by atoms with Crippen LogP contribution < -0.4 is 0 Å². The Morgan fingerprint density at radius 3 is 0.655 bits per heavy atom. The molecule has 0 aromatic heterocycles. The van der Waals surface area contributed by atoms with Crippen LogP contribution in [0.2, 0.25) is 0 Å². The average molecular weight is 453 g/mol. The number of unbranched alkanes of at least 4 members (excludes halogenated alkanes) is 22. The van der Waals surface area contributed by atoms with Crippen molar-refractivity contribution in [3.8, 4) is 0 Å². The first kappa shape index (κ1) is 34.1. The molecule has 0 N–H and O–H groups in total. The van der Waals surface area contributed by atoms with E-state index in [1.807, 2.05) is 0 Å². The molecule has 0 fully saturated rings. The van der Waals surface area contributed by atoms with Gasteiger partial charge in [-0.1, -0.05) is 155 Å². The van der Waals surface area contributed by atoms with Gasteiger partial charge >= 0.3 is 16.5 Å². The number of rotatable bonds is 22. The van der Waals surface area contributed by atoms with Gasteiger partial charge in [-0.15, -0.1) is 0 Å². The molecule has 0 aromatic rings. The van der Waals surface area contributed by atoms with Crippen LogP contribution >= 0.6 is 0 Å². The molecule has 0 bridgehead atoms. The van der Waals surface area contributed by atoms with Gasteiger partial charge in [-0.3, -0.25) is 0 Å². The van der Waals surface area contributed by atoms with E-state index < -0.39 is 0 Å². The second-order valence-electron chi connectivity index (χ2n) is 8.78. The van der Waals surface area contributed by atoms with Crippen LogP contribution in [0.1, 0.15) is 168 Å². The molecule has 0 rings (SSSR count). The van der Waals surface area contributed by atoms with Gasteiger partial charge < -0.3 is 13.8 Å². The van der Waals surface area contributed by atoms with E-state index in [-0.39, 0.29) is 16.5 Å². The molecule has 0 saturated carbocycles. The standard InChI is InChI=1S/2C14H29.Ni/c2*1-3-5-7-9-11-13-14-12-10-8-6-4-2;/h2*1,3-14H2,2H3;/q2*-1;+2. The Labute approximate surface area is 198 Å². The molecular formula is C28H58Ni. The molecule has 0 aliphatic heterocycles. The maximum atomic E-state index is 3.86. The first-order valence-electron chi connectivity index (χ1n) is 13.4. The molecule has 0 aliphatic carbocycles. The fourth-order valence-electron chi connectivity index (χ4n) is 3.68. The third-order valence-corrected chi connectivity index (χ3v) is 5.71. The zero-order valence-electron chi connectivity index (χ0n) is 20.7. The molecule has 0 saturated heterocycles. The summed E-state index contributed by atoms with van der Waals surface area (Å²) in [6, 6.07) is 0. The minimum atomic E-state index is 0. The van der Waals surface area contributed by atoms with Gasteiger partial charge in [-0.25, -0.2) is 0 Å². The SMILES string of the molecule is [CH2-]CCCCCCCCCCCCC.[CH2-]CCCCCCCCCCCCC.[Ni+2]. The number of hydrogen-bond donors (Lipinski definition) is 0. The van der Waals surface area contributed by atoms with Crippen molar-refractivity contribution in [1.82, 2.24) is 0 Å². The molecular weight excluding hydrogens is 395 g/mol. The van der Waals surface area contributed by atoms with Crippen molar-refractivity contribution in [3.63, 3.8) is 0 Å². The van der Waals surface area contributed by atoms with Crippen LogP contribution in [0, 0.1) is 13.8 Å². The molecule has 29 heavy (non-hydrogen) atoms. The van der Waals surface area contributed by atoms with Crippen LogP contribution in [0.4, 0.5) is 0 Å². The zero-order valence-corrected chi connectivity index (χ0v) is 21.7. The van der Waals surface area contributed by atoms with Crippen molar-refractivity contribution >= 4 is 0 Å². The van der Waals surface area contributed by atoms with Crippen molar-refractivity contribution in [2.45, 2.75) is 168 Å². The van der Waals surface area contributed by atoms with Crippen LogP contribution in [0.15, 0.2) is 0 Å². The monoisotopic (exact) mass is 452 g/mol. The van der Waals surface area contributed by atoms with E-state index in [0.717, 1.165) is 12.8 Å². The van der Waals surface area contributed by atoms with E-state index in [4.69, 9.17) is 0 Å². The molecule has 0 radical (unpaired) electrons. The van der Waals surface area contributed by atoms with Crippen molar-refractivity contribution in [2.24, 2.45) is 0 Å². The van der Waals surface area contributed by atoms with E-state index in [2.05, 4.69) is 27.7 Å². The zero-order chi connectivity index (χ0) is 21.0. The molecule has 0 unspecified atom stereocenters. The fraction of sp³-hybridized carbons (Fsp3) is 0.929. The van der Waals surface area contributed by atoms with Crippen LogP contribution in [-0.4, -0.2) is 0 Å². The van der Waals surface area contributed by atoms with Gasteiger partial charge in [0.05, 0.1) is 0 Å².